The van der Waals surface area contributed by atoms with Gasteiger partial charge in [-0.05, 0) is 25.1 Å². The van der Waals surface area contributed by atoms with E-state index in [0.29, 0.717) is 24.1 Å². The summed E-state index contributed by atoms with van der Waals surface area (Å²) in [6, 6.07) is 5.18. The average molecular weight is 417 g/mol. The summed E-state index contributed by atoms with van der Waals surface area (Å²) in [6.45, 7) is 3.01. The van der Waals surface area contributed by atoms with Crippen molar-refractivity contribution in [2.45, 2.75) is 11.8 Å². The Balaban J connectivity index is 2.21. The highest BCUT2D eigenvalue weighted by molar-refractivity contribution is 9.10. The number of carbonyl (C=O) groups excluding carboxylic acids is 1. The predicted octanol–water partition coefficient (Wildman–Crippen LogP) is 2.13. The molecule has 0 bridgehead atoms. The molecule has 1 saturated heterocycles. The van der Waals surface area contributed by atoms with Crippen molar-refractivity contribution in [1.29, 1.82) is 0 Å². The van der Waals surface area contributed by atoms with Crippen LogP contribution in [0.1, 0.15) is 17.4 Å². The minimum absolute atomic E-state index is 0.0425. The van der Waals surface area contributed by atoms with Crippen LogP contribution >= 0.6 is 15.9 Å². The Morgan fingerprint density at radius 3 is 2.75 bits per heavy atom. The molecule has 1 aliphatic rings. The van der Waals surface area contributed by atoms with Crippen LogP contribution in [-0.4, -0.2) is 56.6 Å². The molecule has 130 valence electrons. The van der Waals surface area contributed by atoms with Gasteiger partial charge in [0.15, 0.2) is 0 Å². The van der Waals surface area contributed by atoms with Gasteiger partial charge in [0.05, 0.1) is 19.8 Å². The molecule has 0 spiro atoms. The van der Waals surface area contributed by atoms with Gasteiger partial charge in [0.2, 0.25) is 10.0 Å². The Labute approximate surface area is 148 Å². The van der Waals surface area contributed by atoms with Crippen LogP contribution in [0, 0.1) is 0 Å². The molecule has 1 aromatic carbocycles. The normalized spacial score (nSPS) is 16.4. The van der Waals surface area contributed by atoms with Crippen molar-refractivity contribution >= 4 is 42.8 Å². The maximum atomic E-state index is 13.1. The van der Waals surface area contributed by atoms with Crippen molar-refractivity contribution in [3.05, 3.63) is 28.4 Å². The number of sulfonamides is 1. The summed E-state index contributed by atoms with van der Waals surface area (Å²) in [7, 11) is -3.86. The van der Waals surface area contributed by atoms with Gasteiger partial charge in [-0.3, -0.25) is 0 Å². The van der Waals surface area contributed by atoms with E-state index >= 15 is 0 Å². The number of benzene rings is 1. The fourth-order valence-corrected chi connectivity index (χ4v) is 4.76. The van der Waals surface area contributed by atoms with Gasteiger partial charge in [0.1, 0.15) is 10.6 Å². The monoisotopic (exact) mass is 416 g/mol. The fraction of sp³-hybridized carbons (Fsp3) is 0.400. The Bertz CT molecular complexity index is 871. The van der Waals surface area contributed by atoms with Crippen LogP contribution in [-0.2, 0) is 19.5 Å². The van der Waals surface area contributed by atoms with Gasteiger partial charge >= 0.3 is 5.97 Å². The molecule has 0 unspecified atom stereocenters. The van der Waals surface area contributed by atoms with E-state index in [1.54, 1.807) is 25.1 Å². The van der Waals surface area contributed by atoms with Crippen molar-refractivity contribution < 1.29 is 22.7 Å². The van der Waals surface area contributed by atoms with Gasteiger partial charge in [-0.15, -0.1) is 0 Å². The molecule has 0 aliphatic carbocycles. The van der Waals surface area contributed by atoms with Crippen molar-refractivity contribution in [2.75, 3.05) is 32.9 Å². The number of esters is 1. The molecule has 3 rings (SSSR count). The second-order valence-corrected chi connectivity index (χ2v) is 8.05. The maximum Gasteiger partial charge on any atom is 0.356 e. The number of nitrogens with zero attached hydrogens (tertiary/aromatic N) is 1. The number of hydrogen-bond donors (Lipinski definition) is 1. The molecular formula is C15H17BrN2O5S. The van der Waals surface area contributed by atoms with Gasteiger partial charge in [0.25, 0.3) is 0 Å². The molecule has 7 nitrogen and oxygen atoms in total. The summed E-state index contributed by atoms with van der Waals surface area (Å²) >= 11 is 3.35. The number of carbonyl (C=O) groups is 1. The Hall–Kier alpha value is -1.42. The van der Waals surface area contributed by atoms with Gasteiger partial charge in [-0.2, -0.15) is 4.31 Å². The second kappa shape index (κ2) is 6.83. The smallest absolute Gasteiger partial charge is 0.356 e. The lowest BCUT2D eigenvalue weighted by molar-refractivity contribution is 0.0515. The summed E-state index contributed by atoms with van der Waals surface area (Å²) in [5.74, 6) is -0.684. The summed E-state index contributed by atoms with van der Waals surface area (Å²) in [4.78, 5) is 15.1. The van der Waals surface area contributed by atoms with E-state index in [1.807, 2.05) is 0 Å². The topological polar surface area (TPSA) is 88.7 Å². The predicted molar refractivity (Wildman–Crippen MR) is 91.5 cm³/mol. The fourth-order valence-electron chi connectivity index (χ4n) is 2.67. The van der Waals surface area contributed by atoms with E-state index in [2.05, 4.69) is 20.9 Å². The summed E-state index contributed by atoms with van der Waals surface area (Å²) < 4.78 is 38.6. The summed E-state index contributed by atoms with van der Waals surface area (Å²) in [5, 5.41) is 0.457. The molecule has 24 heavy (non-hydrogen) atoms. The van der Waals surface area contributed by atoms with Crippen LogP contribution in [0.15, 0.2) is 27.6 Å². The highest BCUT2D eigenvalue weighted by Crippen LogP contribution is 2.32. The second-order valence-electron chi connectivity index (χ2n) is 5.26. The molecule has 0 radical (unpaired) electrons. The molecule has 1 N–H and O–H groups in total. The number of aromatic nitrogens is 1. The highest BCUT2D eigenvalue weighted by Gasteiger charge is 2.34. The Kier molecular flexibility index (Phi) is 4.95. The molecule has 1 aromatic heterocycles. The molecule has 9 heteroatoms. The Morgan fingerprint density at radius 2 is 2.08 bits per heavy atom. The van der Waals surface area contributed by atoms with Gasteiger partial charge in [0, 0.05) is 28.5 Å². The first-order chi connectivity index (χ1) is 11.4. The van der Waals surface area contributed by atoms with E-state index in [-0.39, 0.29) is 30.3 Å². The molecule has 1 aliphatic heterocycles. The highest BCUT2D eigenvalue weighted by atomic mass is 79.9. The lowest BCUT2D eigenvalue weighted by Gasteiger charge is -2.26. The lowest BCUT2D eigenvalue weighted by atomic mass is 10.2. The van der Waals surface area contributed by atoms with Crippen LogP contribution < -0.4 is 0 Å². The molecule has 0 atom stereocenters. The number of nitrogens with one attached hydrogen (secondary N) is 1. The van der Waals surface area contributed by atoms with E-state index < -0.39 is 16.0 Å². The van der Waals surface area contributed by atoms with Crippen molar-refractivity contribution in [3.63, 3.8) is 0 Å². The third-order valence-corrected chi connectivity index (χ3v) is 6.24. The maximum absolute atomic E-state index is 13.1. The van der Waals surface area contributed by atoms with Crippen molar-refractivity contribution in [1.82, 2.24) is 9.29 Å². The molecule has 0 saturated carbocycles. The van der Waals surface area contributed by atoms with Gasteiger partial charge < -0.3 is 14.5 Å². The molecule has 0 amide bonds. The quantitative estimate of drug-likeness (QED) is 0.771. The molecule has 2 aromatic rings. The summed E-state index contributed by atoms with van der Waals surface area (Å²) in [5.41, 5.74) is 0.518. The number of fused-ring (bicyclic) bond motifs is 1. The number of hydrogen-bond acceptors (Lipinski definition) is 5. The zero-order chi connectivity index (χ0) is 17.3. The van der Waals surface area contributed by atoms with E-state index in [9.17, 15) is 13.2 Å². The Morgan fingerprint density at radius 1 is 1.38 bits per heavy atom. The number of ether oxygens (including phenoxy) is 2. The molecule has 2 heterocycles. The van der Waals surface area contributed by atoms with E-state index in [4.69, 9.17) is 9.47 Å². The van der Waals surface area contributed by atoms with Crippen LogP contribution in [0.2, 0.25) is 0 Å². The first-order valence-corrected chi connectivity index (χ1v) is 9.74. The first kappa shape index (κ1) is 17.4. The van der Waals surface area contributed by atoms with Crippen LogP contribution in [0.5, 0.6) is 0 Å². The van der Waals surface area contributed by atoms with Crippen LogP contribution in [0.3, 0.4) is 0 Å². The zero-order valence-corrected chi connectivity index (χ0v) is 15.4. The molecule has 1 fully saturated rings. The summed E-state index contributed by atoms with van der Waals surface area (Å²) in [6.07, 6.45) is 0. The lowest BCUT2D eigenvalue weighted by Crippen LogP contribution is -2.41. The van der Waals surface area contributed by atoms with Crippen molar-refractivity contribution in [2.24, 2.45) is 0 Å². The third kappa shape index (κ3) is 3.08. The largest absolute Gasteiger partial charge is 0.461 e. The zero-order valence-electron chi connectivity index (χ0n) is 13.0. The van der Waals surface area contributed by atoms with Crippen molar-refractivity contribution in [3.8, 4) is 0 Å². The van der Waals surface area contributed by atoms with Gasteiger partial charge in [-0.1, -0.05) is 15.9 Å². The number of aromatic amines is 1. The minimum Gasteiger partial charge on any atom is -0.461 e. The van der Waals surface area contributed by atoms with E-state index in [0.717, 1.165) is 4.47 Å². The number of H-pyrrole nitrogens is 1. The number of rotatable bonds is 4. The number of morpholine rings is 1. The molecular weight excluding hydrogens is 400 g/mol. The minimum atomic E-state index is -3.86. The van der Waals surface area contributed by atoms with Crippen LogP contribution in [0.25, 0.3) is 10.9 Å². The van der Waals surface area contributed by atoms with Crippen LogP contribution in [0.4, 0.5) is 0 Å². The van der Waals surface area contributed by atoms with E-state index in [1.165, 1.54) is 4.31 Å². The average Bonchev–Trinajstić information content (AvgIpc) is 2.95. The SMILES string of the molecule is CCOC(=O)c1[nH]c2ccc(Br)cc2c1S(=O)(=O)N1CCOCC1. The number of halogens is 1. The first-order valence-electron chi connectivity index (χ1n) is 7.51. The standard InChI is InChI=1S/C15H17BrN2O5S/c1-2-23-15(19)13-14(11-9-10(16)3-4-12(11)17-13)24(20,21)18-5-7-22-8-6-18/h3-4,9,17H,2,5-8H2,1H3. The third-order valence-electron chi connectivity index (χ3n) is 3.76. The van der Waals surface area contributed by atoms with Gasteiger partial charge in [-0.25, -0.2) is 13.2 Å².